The molecule has 0 saturated carbocycles. The molecule has 200 valence electrons. The zero-order chi connectivity index (χ0) is 27.4. The summed E-state index contributed by atoms with van der Waals surface area (Å²) in [4.78, 5) is 52.8. The lowest BCUT2D eigenvalue weighted by Gasteiger charge is -2.36. The van der Waals surface area contributed by atoms with E-state index in [0.717, 1.165) is 0 Å². The van der Waals surface area contributed by atoms with Gasteiger partial charge in [-0.2, -0.15) is 0 Å². The summed E-state index contributed by atoms with van der Waals surface area (Å²) in [6.07, 6.45) is 0.539. The second kappa shape index (κ2) is 11.3. The molecule has 1 aliphatic heterocycles. The summed E-state index contributed by atoms with van der Waals surface area (Å²) in [6.45, 7) is 19.6. The molecule has 10 heteroatoms. The van der Waals surface area contributed by atoms with E-state index in [1.165, 1.54) is 12.0 Å². The monoisotopic (exact) mass is 497 g/mol. The summed E-state index contributed by atoms with van der Waals surface area (Å²) in [6, 6.07) is -2.56. The Morgan fingerprint density at radius 1 is 1.09 bits per heavy atom. The molecule has 1 saturated heterocycles. The molecule has 0 bridgehead atoms. The van der Waals surface area contributed by atoms with Crippen molar-refractivity contribution < 1.29 is 33.4 Å². The lowest BCUT2D eigenvalue weighted by atomic mass is 9.75. The van der Waals surface area contributed by atoms with Crippen LogP contribution in [-0.2, 0) is 23.8 Å². The fraction of sp³-hybridized carbons (Fsp3) is 0.760. The highest BCUT2D eigenvalue weighted by Crippen LogP contribution is 2.42. The van der Waals surface area contributed by atoms with E-state index in [1.54, 1.807) is 68.4 Å². The molecule has 1 aliphatic rings. The summed E-state index contributed by atoms with van der Waals surface area (Å²) in [5, 5.41) is 5.57. The highest BCUT2D eigenvalue weighted by Gasteiger charge is 2.57. The number of hydrogen-bond acceptors (Lipinski definition) is 7. The summed E-state index contributed by atoms with van der Waals surface area (Å²) >= 11 is 0. The topological polar surface area (TPSA) is 123 Å². The van der Waals surface area contributed by atoms with Crippen LogP contribution in [0.15, 0.2) is 12.7 Å². The smallest absolute Gasteiger partial charge is 0.411 e. The highest BCUT2D eigenvalue weighted by atomic mass is 16.6. The van der Waals surface area contributed by atoms with E-state index < -0.39 is 58.8 Å². The van der Waals surface area contributed by atoms with Crippen molar-refractivity contribution >= 4 is 24.1 Å². The number of methoxy groups -OCH3 is 1. The molecule has 35 heavy (non-hydrogen) atoms. The molecule has 0 radical (unpaired) electrons. The lowest BCUT2D eigenvalue weighted by Crippen LogP contribution is -2.57. The van der Waals surface area contributed by atoms with Crippen LogP contribution >= 0.6 is 0 Å². The number of esters is 1. The van der Waals surface area contributed by atoms with Crippen LogP contribution in [0, 0.1) is 11.3 Å². The van der Waals surface area contributed by atoms with Gasteiger partial charge in [0.1, 0.15) is 23.3 Å². The molecule has 4 atom stereocenters. The van der Waals surface area contributed by atoms with Crippen molar-refractivity contribution in [1.29, 1.82) is 0 Å². The van der Waals surface area contributed by atoms with Crippen LogP contribution in [0.25, 0.3) is 0 Å². The van der Waals surface area contributed by atoms with Gasteiger partial charge in [-0.25, -0.2) is 14.4 Å². The van der Waals surface area contributed by atoms with Gasteiger partial charge in [-0.05, 0) is 53.9 Å². The maximum Gasteiger partial charge on any atom is 0.411 e. The normalized spacial score (nSPS) is 23.3. The van der Waals surface area contributed by atoms with E-state index in [9.17, 15) is 19.2 Å². The van der Waals surface area contributed by atoms with Crippen molar-refractivity contribution in [3.05, 3.63) is 12.7 Å². The second-order valence-electron chi connectivity index (χ2n) is 11.5. The molecule has 10 nitrogen and oxygen atoms in total. The van der Waals surface area contributed by atoms with Crippen LogP contribution in [0.1, 0.15) is 68.7 Å². The average molecular weight is 498 g/mol. The Hall–Kier alpha value is -2.78. The first kappa shape index (κ1) is 30.3. The van der Waals surface area contributed by atoms with E-state index in [2.05, 4.69) is 17.2 Å². The van der Waals surface area contributed by atoms with Gasteiger partial charge in [0.05, 0.1) is 13.2 Å². The van der Waals surface area contributed by atoms with Crippen LogP contribution in [0.5, 0.6) is 0 Å². The number of hydrogen-bond donors (Lipinski definition) is 2. The Morgan fingerprint density at radius 3 is 2.06 bits per heavy atom. The molecule has 3 amide bonds. The van der Waals surface area contributed by atoms with Crippen molar-refractivity contribution in [2.45, 2.75) is 98.1 Å². The van der Waals surface area contributed by atoms with Crippen LogP contribution < -0.4 is 10.6 Å². The second-order valence-corrected chi connectivity index (χ2v) is 11.5. The van der Waals surface area contributed by atoms with Gasteiger partial charge in [0.2, 0.25) is 5.91 Å². The van der Waals surface area contributed by atoms with Gasteiger partial charge in [0, 0.05) is 12.0 Å². The maximum absolute atomic E-state index is 13.3. The predicted molar refractivity (Wildman–Crippen MR) is 132 cm³/mol. The number of carbonyl (C=O) groups is 4. The fourth-order valence-corrected chi connectivity index (χ4v) is 4.07. The van der Waals surface area contributed by atoms with E-state index in [-0.39, 0.29) is 12.5 Å². The molecular formula is C25H43N3O7. The number of carbonyl (C=O) groups excluding carboxylic acids is 4. The Bertz CT molecular complexity index is 813. The Morgan fingerprint density at radius 2 is 1.63 bits per heavy atom. The summed E-state index contributed by atoms with van der Waals surface area (Å²) < 4.78 is 15.8. The van der Waals surface area contributed by atoms with Gasteiger partial charge in [-0.15, -0.1) is 6.58 Å². The number of nitrogens with one attached hydrogen (secondary N) is 2. The molecule has 0 aromatic carbocycles. The van der Waals surface area contributed by atoms with Gasteiger partial charge in [0.15, 0.2) is 0 Å². The Kier molecular flexibility index (Phi) is 9.77. The molecule has 1 fully saturated rings. The average Bonchev–Trinajstić information content (AvgIpc) is 2.95. The molecule has 1 rings (SSSR count). The summed E-state index contributed by atoms with van der Waals surface area (Å²) in [7, 11) is 1.25. The Labute approximate surface area is 209 Å². The molecule has 2 N–H and O–H groups in total. The van der Waals surface area contributed by atoms with E-state index >= 15 is 0 Å². The lowest BCUT2D eigenvalue weighted by molar-refractivity contribution is -0.149. The standard InChI is InChI=1S/C25H43N3O7/c1-12-13-25(10)16(14-28(18(25)20(30)33-11)22(32)35-24(7,8)9)26-19(29)17(15(2)3)27-21(31)34-23(4,5)6/h12,15-18H,1,13-14H2,2-11H3,(H,26,29)(H,27,31)/t16-,17-,18+,25+/m0/s1. The number of allylic oxidation sites excluding steroid dienone is 1. The van der Waals surface area contributed by atoms with Crippen LogP contribution in [-0.4, -0.2) is 71.9 Å². The van der Waals surface area contributed by atoms with Crippen molar-refractivity contribution in [2.24, 2.45) is 11.3 Å². The largest absolute Gasteiger partial charge is 0.467 e. The molecule has 0 aliphatic carbocycles. The number of nitrogens with zero attached hydrogens (tertiary/aromatic N) is 1. The number of amides is 3. The molecule has 0 aromatic rings. The van der Waals surface area contributed by atoms with Gasteiger partial charge < -0.3 is 24.8 Å². The van der Waals surface area contributed by atoms with Gasteiger partial charge in [-0.3, -0.25) is 9.69 Å². The van der Waals surface area contributed by atoms with Crippen molar-refractivity contribution in [2.75, 3.05) is 13.7 Å². The SMILES string of the molecule is C=CC[C@]1(C)[C@@H](NC(=O)[C@@H](NC(=O)OC(C)(C)C)C(C)C)CN(C(=O)OC(C)(C)C)[C@@H]1C(=O)OC. The first-order chi connectivity index (χ1) is 15.9. The number of ether oxygens (including phenoxy) is 3. The van der Waals surface area contributed by atoms with Gasteiger partial charge in [0.25, 0.3) is 0 Å². The predicted octanol–water partition coefficient (Wildman–Crippen LogP) is 3.40. The van der Waals surface area contributed by atoms with Crippen LogP contribution in [0.2, 0.25) is 0 Å². The zero-order valence-electron chi connectivity index (χ0n) is 22.8. The summed E-state index contributed by atoms with van der Waals surface area (Å²) in [5.74, 6) is -1.34. The molecule has 0 spiro atoms. The number of likely N-dealkylation sites (tertiary alicyclic amines) is 1. The Balaban J connectivity index is 3.28. The number of rotatable bonds is 7. The van der Waals surface area contributed by atoms with Crippen molar-refractivity contribution in [3.63, 3.8) is 0 Å². The third kappa shape index (κ3) is 8.14. The first-order valence-corrected chi connectivity index (χ1v) is 11.8. The van der Waals surface area contributed by atoms with Crippen LogP contribution in [0.3, 0.4) is 0 Å². The van der Waals surface area contributed by atoms with Gasteiger partial charge >= 0.3 is 18.2 Å². The third-order valence-corrected chi connectivity index (χ3v) is 5.69. The fourth-order valence-electron chi connectivity index (χ4n) is 4.07. The van der Waals surface area contributed by atoms with Crippen molar-refractivity contribution in [1.82, 2.24) is 15.5 Å². The highest BCUT2D eigenvalue weighted by molar-refractivity contribution is 5.87. The zero-order valence-corrected chi connectivity index (χ0v) is 22.8. The first-order valence-electron chi connectivity index (χ1n) is 11.8. The van der Waals surface area contributed by atoms with Gasteiger partial charge in [-0.1, -0.05) is 26.8 Å². The maximum atomic E-state index is 13.3. The van der Waals surface area contributed by atoms with E-state index in [4.69, 9.17) is 14.2 Å². The minimum absolute atomic E-state index is 0.0159. The van der Waals surface area contributed by atoms with Crippen LogP contribution in [0.4, 0.5) is 9.59 Å². The molecule has 0 unspecified atom stereocenters. The molecule has 1 heterocycles. The minimum Gasteiger partial charge on any atom is -0.467 e. The third-order valence-electron chi connectivity index (χ3n) is 5.69. The minimum atomic E-state index is -1.01. The van der Waals surface area contributed by atoms with E-state index in [0.29, 0.717) is 6.42 Å². The molecule has 0 aromatic heterocycles. The number of alkyl carbamates (subject to hydrolysis) is 1. The quantitative estimate of drug-likeness (QED) is 0.314. The molecular weight excluding hydrogens is 454 g/mol. The summed E-state index contributed by atoms with van der Waals surface area (Å²) in [5.41, 5.74) is -2.44. The van der Waals surface area contributed by atoms with Crippen molar-refractivity contribution in [3.8, 4) is 0 Å². The van der Waals surface area contributed by atoms with E-state index in [1.807, 2.05) is 0 Å².